The zero-order chi connectivity index (χ0) is 13.7. The van der Waals surface area contributed by atoms with Crippen LogP contribution in [-0.2, 0) is 6.54 Å². The lowest BCUT2D eigenvalue weighted by Crippen LogP contribution is -2.06. The number of nitrogens with zero attached hydrogens (tertiary/aromatic N) is 2. The van der Waals surface area contributed by atoms with Crippen molar-refractivity contribution in [3.63, 3.8) is 0 Å². The fourth-order valence-electron chi connectivity index (χ4n) is 1.69. The average molecular weight is 279 g/mol. The van der Waals surface area contributed by atoms with Gasteiger partial charge in [-0.25, -0.2) is 9.97 Å². The van der Waals surface area contributed by atoms with E-state index in [0.29, 0.717) is 23.9 Å². The molecule has 5 nitrogen and oxygen atoms in total. The van der Waals surface area contributed by atoms with Crippen molar-refractivity contribution in [1.82, 2.24) is 9.97 Å². The van der Waals surface area contributed by atoms with Crippen LogP contribution in [0.15, 0.2) is 30.6 Å². The number of nitrogens with one attached hydrogen (secondary N) is 2. The Morgan fingerprint density at radius 2 is 1.95 bits per heavy atom. The number of methoxy groups -OCH3 is 1. The van der Waals surface area contributed by atoms with Crippen molar-refractivity contribution < 1.29 is 4.74 Å². The third kappa shape index (κ3) is 3.06. The van der Waals surface area contributed by atoms with Crippen molar-refractivity contribution in [2.24, 2.45) is 0 Å². The van der Waals surface area contributed by atoms with Crippen LogP contribution < -0.4 is 15.4 Å². The molecular weight excluding hydrogens is 264 g/mol. The maximum atomic E-state index is 6.11. The summed E-state index contributed by atoms with van der Waals surface area (Å²) in [4.78, 5) is 8.26. The number of ether oxygens (including phenoxy) is 1. The van der Waals surface area contributed by atoms with Crippen molar-refractivity contribution in [3.8, 4) is 5.75 Å². The molecule has 100 valence electrons. The van der Waals surface area contributed by atoms with E-state index in [1.165, 1.54) is 6.33 Å². The van der Waals surface area contributed by atoms with Crippen LogP contribution in [0.2, 0.25) is 5.02 Å². The average Bonchev–Trinajstić information content (AvgIpc) is 2.45. The molecule has 1 heterocycles. The highest BCUT2D eigenvalue weighted by atomic mass is 35.5. The summed E-state index contributed by atoms with van der Waals surface area (Å²) < 4.78 is 5.30. The van der Waals surface area contributed by atoms with E-state index in [2.05, 4.69) is 20.6 Å². The molecule has 0 aliphatic carbocycles. The van der Waals surface area contributed by atoms with E-state index in [-0.39, 0.29) is 0 Å². The van der Waals surface area contributed by atoms with Crippen LogP contribution in [0.1, 0.15) is 5.56 Å². The van der Waals surface area contributed by atoms with Crippen molar-refractivity contribution in [2.45, 2.75) is 6.54 Å². The molecule has 2 rings (SSSR count). The van der Waals surface area contributed by atoms with Crippen molar-refractivity contribution in [3.05, 3.63) is 41.2 Å². The van der Waals surface area contributed by atoms with Crippen LogP contribution in [0.3, 0.4) is 0 Å². The zero-order valence-electron chi connectivity index (χ0n) is 10.8. The van der Waals surface area contributed by atoms with E-state index >= 15 is 0 Å². The van der Waals surface area contributed by atoms with E-state index in [0.717, 1.165) is 10.6 Å². The lowest BCUT2D eigenvalue weighted by atomic mass is 10.2. The van der Waals surface area contributed by atoms with Crippen molar-refractivity contribution in [2.75, 3.05) is 24.8 Å². The Morgan fingerprint density at radius 3 is 2.63 bits per heavy atom. The van der Waals surface area contributed by atoms with E-state index in [9.17, 15) is 0 Å². The quantitative estimate of drug-likeness (QED) is 0.881. The second-order valence-electron chi connectivity index (χ2n) is 3.80. The van der Waals surface area contributed by atoms with E-state index in [1.807, 2.05) is 24.3 Å². The van der Waals surface area contributed by atoms with Crippen molar-refractivity contribution >= 4 is 23.2 Å². The molecule has 1 aromatic carbocycles. The minimum Gasteiger partial charge on any atom is -0.490 e. The number of hydrogen-bond donors (Lipinski definition) is 2. The van der Waals surface area contributed by atoms with Gasteiger partial charge in [0.25, 0.3) is 0 Å². The van der Waals surface area contributed by atoms with Gasteiger partial charge in [0.05, 0.1) is 7.11 Å². The first kappa shape index (κ1) is 13.4. The number of benzene rings is 1. The van der Waals surface area contributed by atoms with Gasteiger partial charge in [-0.05, 0) is 11.6 Å². The Morgan fingerprint density at radius 1 is 1.21 bits per heavy atom. The third-order valence-electron chi connectivity index (χ3n) is 2.65. The number of hydrogen-bond acceptors (Lipinski definition) is 5. The summed E-state index contributed by atoms with van der Waals surface area (Å²) in [5.41, 5.74) is 0.996. The van der Waals surface area contributed by atoms with E-state index < -0.39 is 0 Å². The van der Waals surface area contributed by atoms with Gasteiger partial charge in [-0.1, -0.05) is 29.8 Å². The molecule has 2 N–H and O–H groups in total. The van der Waals surface area contributed by atoms with Gasteiger partial charge in [0.1, 0.15) is 6.33 Å². The summed E-state index contributed by atoms with van der Waals surface area (Å²) in [5.74, 6) is 1.85. The largest absolute Gasteiger partial charge is 0.490 e. The van der Waals surface area contributed by atoms with Crippen LogP contribution in [0, 0.1) is 0 Å². The number of rotatable bonds is 5. The molecule has 1 aromatic heterocycles. The molecule has 0 spiro atoms. The molecule has 0 bridgehead atoms. The SMILES string of the molecule is CNc1ncnc(NCc2ccccc2Cl)c1OC. The standard InChI is InChI=1S/C13H15ClN4O/c1-15-12-11(19-2)13(18-8-17-12)16-7-9-5-3-4-6-10(9)14/h3-6,8H,7H2,1-2H3,(H2,15,16,17,18). The van der Waals surface area contributed by atoms with Crippen LogP contribution >= 0.6 is 11.6 Å². The van der Waals surface area contributed by atoms with Crippen LogP contribution in [0.25, 0.3) is 0 Å². The topological polar surface area (TPSA) is 59.1 Å². The molecule has 0 saturated carbocycles. The fraction of sp³-hybridized carbons (Fsp3) is 0.231. The van der Waals surface area contributed by atoms with Gasteiger partial charge in [-0.3, -0.25) is 0 Å². The van der Waals surface area contributed by atoms with Crippen LogP contribution in [-0.4, -0.2) is 24.1 Å². The molecule has 0 amide bonds. The molecule has 0 atom stereocenters. The lowest BCUT2D eigenvalue weighted by Gasteiger charge is -2.13. The second-order valence-corrected chi connectivity index (χ2v) is 4.21. The summed E-state index contributed by atoms with van der Waals surface area (Å²) in [5, 5.41) is 6.87. The Kier molecular flexibility index (Phi) is 4.41. The summed E-state index contributed by atoms with van der Waals surface area (Å²) in [6, 6.07) is 7.66. The molecule has 0 aliphatic rings. The molecule has 0 fully saturated rings. The molecule has 2 aromatic rings. The Bertz CT molecular complexity index is 562. The lowest BCUT2D eigenvalue weighted by molar-refractivity contribution is 0.415. The molecule has 6 heteroatoms. The predicted molar refractivity (Wildman–Crippen MR) is 76.9 cm³/mol. The van der Waals surface area contributed by atoms with Gasteiger partial charge >= 0.3 is 0 Å². The second kappa shape index (κ2) is 6.24. The van der Waals surface area contributed by atoms with Gasteiger partial charge < -0.3 is 15.4 Å². The summed E-state index contributed by atoms with van der Waals surface area (Å²) in [6.45, 7) is 0.566. The Balaban J connectivity index is 2.18. The minimum atomic E-state index is 0.566. The van der Waals surface area contributed by atoms with Gasteiger partial charge in [-0.2, -0.15) is 0 Å². The third-order valence-corrected chi connectivity index (χ3v) is 3.02. The molecule has 0 saturated heterocycles. The summed E-state index contributed by atoms with van der Waals surface area (Å²) >= 11 is 6.11. The first-order chi connectivity index (χ1) is 9.26. The van der Waals surface area contributed by atoms with Crippen LogP contribution in [0.4, 0.5) is 11.6 Å². The molecule has 0 radical (unpaired) electrons. The zero-order valence-corrected chi connectivity index (χ0v) is 11.5. The first-order valence-corrected chi connectivity index (χ1v) is 6.18. The number of anilines is 2. The molecule has 0 unspecified atom stereocenters. The summed E-state index contributed by atoms with van der Waals surface area (Å²) in [7, 11) is 3.36. The van der Waals surface area contributed by atoms with E-state index in [1.54, 1.807) is 14.2 Å². The Labute approximate surface area is 117 Å². The van der Waals surface area contributed by atoms with Crippen LogP contribution in [0.5, 0.6) is 5.75 Å². The summed E-state index contributed by atoms with van der Waals surface area (Å²) in [6.07, 6.45) is 1.48. The van der Waals surface area contributed by atoms with E-state index in [4.69, 9.17) is 16.3 Å². The first-order valence-electron chi connectivity index (χ1n) is 5.80. The molecule has 0 aliphatic heterocycles. The van der Waals surface area contributed by atoms with Gasteiger partial charge in [0, 0.05) is 18.6 Å². The molecular formula is C13H15ClN4O. The molecule has 19 heavy (non-hydrogen) atoms. The fourth-order valence-corrected chi connectivity index (χ4v) is 1.89. The monoisotopic (exact) mass is 278 g/mol. The maximum absolute atomic E-state index is 6.11. The predicted octanol–water partition coefficient (Wildman–Crippen LogP) is 2.79. The Hall–Kier alpha value is -2.01. The van der Waals surface area contributed by atoms with Gasteiger partial charge in [0.15, 0.2) is 11.6 Å². The minimum absolute atomic E-state index is 0.566. The highest BCUT2D eigenvalue weighted by Crippen LogP contribution is 2.29. The van der Waals surface area contributed by atoms with Gasteiger partial charge in [-0.15, -0.1) is 0 Å². The number of aromatic nitrogens is 2. The highest BCUT2D eigenvalue weighted by Gasteiger charge is 2.10. The smallest absolute Gasteiger partial charge is 0.204 e. The highest BCUT2D eigenvalue weighted by molar-refractivity contribution is 6.31. The normalized spacial score (nSPS) is 10.1. The maximum Gasteiger partial charge on any atom is 0.204 e. The number of halogens is 1. The van der Waals surface area contributed by atoms with Crippen molar-refractivity contribution in [1.29, 1.82) is 0 Å². The van der Waals surface area contributed by atoms with Gasteiger partial charge in [0.2, 0.25) is 5.75 Å².